The number of amides is 2. The van der Waals surface area contributed by atoms with Gasteiger partial charge in [-0.05, 0) is 54.7 Å². The zero-order valence-electron chi connectivity index (χ0n) is 14.3. The predicted octanol–water partition coefficient (Wildman–Crippen LogP) is 2.97. The van der Waals surface area contributed by atoms with Crippen molar-refractivity contribution in [2.24, 2.45) is 0 Å². The van der Waals surface area contributed by atoms with E-state index in [2.05, 4.69) is 16.7 Å². The molecule has 136 valence electrons. The summed E-state index contributed by atoms with van der Waals surface area (Å²) in [7, 11) is 0. The molecule has 0 bridgehead atoms. The SMILES string of the molecule is O=C(COCC(=O)N[C@H]1CCCc2ccccc21)Nc1ccc(F)cc1. The highest BCUT2D eigenvalue weighted by molar-refractivity contribution is 5.91. The highest BCUT2D eigenvalue weighted by Crippen LogP contribution is 2.29. The van der Waals surface area contributed by atoms with E-state index < -0.39 is 5.91 Å². The van der Waals surface area contributed by atoms with Gasteiger partial charge in [0.15, 0.2) is 0 Å². The van der Waals surface area contributed by atoms with Crippen molar-refractivity contribution in [1.29, 1.82) is 0 Å². The quantitative estimate of drug-likeness (QED) is 0.836. The van der Waals surface area contributed by atoms with Gasteiger partial charge in [0.1, 0.15) is 19.0 Å². The molecule has 0 spiro atoms. The van der Waals surface area contributed by atoms with Crippen LogP contribution in [0.3, 0.4) is 0 Å². The lowest BCUT2D eigenvalue weighted by molar-refractivity contribution is -0.129. The molecule has 5 nitrogen and oxygen atoms in total. The van der Waals surface area contributed by atoms with Crippen LogP contribution in [0.25, 0.3) is 0 Å². The number of fused-ring (bicyclic) bond motifs is 1. The fourth-order valence-electron chi connectivity index (χ4n) is 3.11. The lowest BCUT2D eigenvalue weighted by Gasteiger charge is -2.26. The summed E-state index contributed by atoms with van der Waals surface area (Å²) >= 11 is 0. The summed E-state index contributed by atoms with van der Waals surface area (Å²) in [6, 6.07) is 13.5. The molecule has 0 heterocycles. The van der Waals surface area contributed by atoms with E-state index in [9.17, 15) is 14.0 Å². The number of nitrogens with one attached hydrogen (secondary N) is 2. The summed E-state index contributed by atoms with van der Waals surface area (Å²) < 4.78 is 18.0. The third kappa shape index (κ3) is 4.89. The molecule has 3 rings (SSSR count). The van der Waals surface area contributed by atoms with Gasteiger partial charge in [0, 0.05) is 5.69 Å². The van der Waals surface area contributed by atoms with Gasteiger partial charge >= 0.3 is 0 Å². The van der Waals surface area contributed by atoms with E-state index in [1.54, 1.807) is 0 Å². The molecule has 6 heteroatoms. The number of rotatable bonds is 6. The number of carbonyl (C=O) groups is 2. The van der Waals surface area contributed by atoms with Gasteiger partial charge in [-0.3, -0.25) is 9.59 Å². The molecule has 2 aromatic rings. The monoisotopic (exact) mass is 356 g/mol. The zero-order chi connectivity index (χ0) is 18.4. The summed E-state index contributed by atoms with van der Waals surface area (Å²) in [6.45, 7) is -0.429. The van der Waals surface area contributed by atoms with E-state index in [1.165, 1.54) is 29.8 Å². The molecule has 2 amide bonds. The van der Waals surface area contributed by atoms with Gasteiger partial charge in [0.25, 0.3) is 0 Å². The highest BCUT2D eigenvalue weighted by atomic mass is 19.1. The Morgan fingerprint density at radius 2 is 1.77 bits per heavy atom. The van der Waals surface area contributed by atoms with Gasteiger partial charge in [-0.2, -0.15) is 0 Å². The molecule has 0 aromatic heterocycles. The molecule has 0 saturated heterocycles. The molecular weight excluding hydrogens is 335 g/mol. The Bertz CT molecular complexity index is 777. The van der Waals surface area contributed by atoms with Gasteiger partial charge in [0.05, 0.1) is 6.04 Å². The molecule has 0 fully saturated rings. The van der Waals surface area contributed by atoms with Crippen LogP contribution in [-0.2, 0) is 20.7 Å². The average molecular weight is 356 g/mol. The van der Waals surface area contributed by atoms with Gasteiger partial charge in [-0.15, -0.1) is 0 Å². The molecule has 2 N–H and O–H groups in total. The molecule has 1 atom stereocenters. The number of anilines is 1. The van der Waals surface area contributed by atoms with Crippen LogP contribution < -0.4 is 10.6 Å². The summed E-state index contributed by atoms with van der Waals surface area (Å²) in [4.78, 5) is 23.9. The van der Waals surface area contributed by atoms with Crippen molar-refractivity contribution in [2.75, 3.05) is 18.5 Å². The number of hydrogen-bond donors (Lipinski definition) is 2. The normalized spacial score (nSPS) is 15.8. The first kappa shape index (κ1) is 18.1. The lowest BCUT2D eigenvalue weighted by Crippen LogP contribution is -2.34. The van der Waals surface area contributed by atoms with Crippen molar-refractivity contribution in [1.82, 2.24) is 5.32 Å². The lowest BCUT2D eigenvalue weighted by atomic mass is 9.88. The minimum Gasteiger partial charge on any atom is -0.362 e. The smallest absolute Gasteiger partial charge is 0.250 e. The van der Waals surface area contributed by atoms with Crippen LogP contribution in [0, 0.1) is 5.82 Å². The first-order valence-electron chi connectivity index (χ1n) is 8.62. The van der Waals surface area contributed by atoms with E-state index in [0.29, 0.717) is 5.69 Å². The molecule has 0 radical (unpaired) electrons. The molecule has 26 heavy (non-hydrogen) atoms. The van der Waals surface area contributed by atoms with Crippen molar-refractivity contribution >= 4 is 17.5 Å². The Hall–Kier alpha value is -2.73. The average Bonchev–Trinajstić information content (AvgIpc) is 2.64. The minimum absolute atomic E-state index is 0.0101. The summed E-state index contributed by atoms with van der Waals surface area (Å²) in [6.07, 6.45) is 2.96. The number of aryl methyl sites for hydroxylation is 1. The van der Waals surface area contributed by atoms with Crippen molar-refractivity contribution < 1.29 is 18.7 Å². The van der Waals surface area contributed by atoms with Crippen molar-refractivity contribution in [3.8, 4) is 0 Å². The number of carbonyl (C=O) groups excluding carboxylic acids is 2. The molecule has 0 aliphatic heterocycles. The first-order chi connectivity index (χ1) is 12.6. The second-order valence-electron chi connectivity index (χ2n) is 6.26. The molecule has 0 saturated carbocycles. The molecule has 0 unspecified atom stereocenters. The summed E-state index contributed by atoms with van der Waals surface area (Å²) in [5.41, 5.74) is 2.90. The number of hydrogen-bond acceptors (Lipinski definition) is 3. The van der Waals surface area contributed by atoms with E-state index in [4.69, 9.17) is 4.74 Å². The Morgan fingerprint density at radius 3 is 2.58 bits per heavy atom. The van der Waals surface area contributed by atoms with Gasteiger partial charge < -0.3 is 15.4 Å². The fraction of sp³-hybridized carbons (Fsp3) is 0.300. The van der Waals surface area contributed by atoms with Crippen LogP contribution in [0.4, 0.5) is 10.1 Å². The standard InChI is InChI=1S/C20H21FN2O3/c21-15-8-10-16(11-9-15)22-19(24)12-26-13-20(25)23-18-7-3-5-14-4-1-2-6-17(14)18/h1-2,4,6,8-11,18H,3,5,7,12-13H2,(H,22,24)(H,23,25)/t18-/m0/s1. The zero-order valence-corrected chi connectivity index (χ0v) is 14.3. The van der Waals surface area contributed by atoms with Crippen LogP contribution in [0.15, 0.2) is 48.5 Å². The Kier molecular flexibility index (Phi) is 5.96. The van der Waals surface area contributed by atoms with Gasteiger partial charge in [-0.25, -0.2) is 4.39 Å². The molecule has 1 aliphatic carbocycles. The van der Waals surface area contributed by atoms with Crippen molar-refractivity contribution in [2.45, 2.75) is 25.3 Å². The minimum atomic E-state index is -0.396. The maximum absolute atomic E-state index is 12.8. The van der Waals surface area contributed by atoms with E-state index in [1.807, 2.05) is 18.2 Å². The number of halogens is 1. The maximum atomic E-state index is 12.8. The molecular formula is C20H21FN2O3. The third-order valence-corrected chi connectivity index (χ3v) is 4.30. The largest absolute Gasteiger partial charge is 0.362 e. The Morgan fingerprint density at radius 1 is 1.04 bits per heavy atom. The van der Waals surface area contributed by atoms with Crippen LogP contribution in [0.1, 0.15) is 30.0 Å². The fourth-order valence-corrected chi connectivity index (χ4v) is 3.11. The Balaban J connectivity index is 1.42. The van der Waals surface area contributed by atoms with Crippen LogP contribution >= 0.6 is 0 Å². The van der Waals surface area contributed by atoms with Crippen LogP contribution in [0.5, 0.6) is 0 Å². The van der Waals surface area contributed by atoms with E-state index in [0.717, 1.165) is 24.8 Å². The van der Waals surface area contributed by atoms with Crippen LogP contribution in [-0.4, -0.2) is 25.0 Å². The highest BCUT2D eigenvalue weighted by Gasteiger charge is 2.21. The first-order valence-corrected chi connectivity index (χ1v) is 8.62. The van der Waals surface area contributed by atoms with E-state index in [-0.39, 0.29) is 31.0 Å². The third-order valence-electron chi connectivity index (χ3n) is 4.30. The molecule has 2 aromatic carbocycles. The second kappa shape index (κ2) is 8.58. The second-order valence-corrected chi connectivity index (χ2v) is 6.26. The van der Waals surface area contributed by atoms with E-state index >= 15 is 0 Å². The summed E-state index contributed by atoms with van der Waals surface area (Å²) in [5.74, 6) is -1.02. The summed E-state index contributed by atoms with van der Waals surface area (Å²) in [5, 5.41) is 5.54. The van der Waals surface area contributed by atoms with Crippen LogP contribution in [0.2, 0.25) is 0 Å². The Labute approximate surface area is 151 Å². The number of benzene rings is 2. The van der Waals surface area contributed by atoms with Crippen molar-refractivity contribution in [3.05, 3.63) is 65.5 Å². The maximum Gasteiger partial charge on any atom is 0.250 e. The molecule has 1 aliphatic rings. The van der Waals surface area contributed by atoms with Gasteiger partial charge in [0.2, 0.25) is 11.8 Å². The topological polar surface area (TPSA) is 67.4 Å². The predicted molar refractivity (Wildman–Crippen MR) is 96.1 cm³/mol. The van der Waals surface area contributed by atoms with Crippen molar-refractivity contribution in [3.63, 3.8) is 0 Å². The number of ether oxygens (including phenoxy) is 1. The van der Waals surface area contributed by atoms with Gasteiger partial charge in [-0.1, -0.05) is 24.3 Å².